The summed E-state index contributed by atoms with van der Waals surface area (Å²) in [4.78, 5) is 0. The first-order chi connectivity index (χ1) is 4.66. The quantitative estimate of drug-likeness (QED) is 0.554. The fourth-order valence-electron chi connectivity index (χ4n) is 0.558. The molecule has 0 spiro atoms. The van der Waals surface area contributed by atoms with Gasteiger partial charge in [0.25, 0.3) is 0 Å². The maximum Gasteiger partial charge on any atom is 0.0873 e. The minimum absolute atomic E-state index is 0.658. The average Bonchev–Trinajstić information content (AvgIpc) is 1.87. The van der Waals surface area contributed by atoms with Crippen molar-refractivity contribution in [1.82, 2.24) is 0 Å². The van der Waals surface area contributed by atoms with Gasteiger partial charge in [0.1, 0.15) is 0 Å². The first-order valence-electron chi connectivity index (χ1n) is 3.87. The third kappa shape index (κ3) is 6.04. The van der Waals surface area contributed by atoms with Crippen LogP contribution >= 0.6 is 0 Å². The van der Waals surface area contributed by atoms with E-state index >= 15 is 0 Å². The second-order valence-corrected chi connectivity index (χ2v) is 5.90. The molecule has 0 rings (SSSR count). The van der Waals surface area contributed by atoms with E-state index < -0.39 is 8.80 Å². The lowest BCUT2D eigenvalue weighted by Crippen LogP contribution is -2.15. The molecule has 0 N–H and O–H groups in total. The second-order valence-electron chi connectivity index (χ2n) is 3.14. The van der Waals surface area contributed by atoms with E-state index in [1.54, 1.807) is 0 Å². The topological polar surface area (TPSA) is 9.23 Å². The van der Waals surface area contributed by atoms with Crippen molar-refractivity contribution in [1.29, 1.82) is 0 Å². The van der Waals surface area contributed by atoms with E-state index in [9.17, 15) is 0 Å². The number of rotatable bonds is 5. The van der Waals surface area contributed by atoms with Gasteiger partial charge in [0, 0.05) is 12.8 Å². The van der Waals surface area contributed by atoms with Crippen molar-refractivity contribution in [2.75, 3.05) is 12.8 Å². The highest BCUT2D eigenvalue weighted by Crippen LogP contribution is 1.93. The molecular weight excluding hydrogens is 140 g/mol. The van der Waals surface area contributed by atoms with Crippen molar-refractivity contribution < 1.29 is 4.74 Å². The van der Waals surface area contributed by atoms with E-state index in [1.807, 2.05) is 0 Å². The van der Waals surface area contributed by atoms with Crippen molar-refractivity contribution in [3.8, 4) is 0 Å². The molecule has 0 aliphatic rings. The molecule has 60 valence electrons. The zero-order valence-electron chi connectivity index (χ0n) is 7.26. The summed E-state index contributed by atoms with van der Waals surface area (Å²) < 4.78 is 5.44. The average molecular weight is 158 g/mol. The highest BCUT2D eigenvalue weighted by Gasteiger charge is 1.98. The number of ether oxygens (including phenoxy) is 1. The van der Waals surface area contributed by atoms with Crippen LogP contribution < -0.4 is 0 Å². The number of hydrogen-bond acceptors (Lipinski definition) is 1. The Morgan fingerprint density at radius 1 is 1.60 bits per heavy atom. The van der Waals surface area contributed by atoms with Crippen LogP contribution in [0.4, 0.5) is 0 Å². The predicted octanol–water partition coefficient (Wildman–Crippen LogP) is 1.78. The molecule has 1 unspecified atom stereocenters. The Labute approximate surface area is 65.7 Å². The molecule has 10 heavy (non-hydrogen) atoms. The molecule has 0 fully saturated rings. The Kier molecular flexibility index (Phi) is 5.64. The summed E-state index contributed by atoms with van der Waals surface area (Å²) >= 11 is 0. The monoisotopic (exact) mass is 158 g/mol. The molecule has 2 heteroatoms. The summed E-state index contributed by atoms with van der Waals surface area (Å²) in [5.74, 6) is 0.658. The molecule has 0 saturated heterocycles. The van der Waals surface area contributed by atoms with Gasteiger partial charge in [0.2, 0.25) is 0 Å². The van der Waals surface area contributed by atoms with Crippen molar-refractivity contribution in [3.63, 3.8) is 0 Å². The third-order valence-electron chi connectivity index (χ3n) is 1.23. The molecule has 0 aliphatic heterocycles. The normalized spacial score (nSPS) is 13.6. The van der Waals surface area contributed by atoms with E-state index in [-0.39, 0.29) is 0 Å². The lowest BCUT2D eigenvalue weighted by atomic mass is 10.2. The van der Waals surface area contributed by atoms with Gasteiger partial charge in [-0.1, -0.05) is 20.4 Å². The lowest BCUT2D eigenvalue weighted by Gasteiger charge is -2.07. The molecular formula is C8H18OSi. The minimum Gasteiger partial charge on any atom is -0.384 e. The fraction of sp³-hybridized carbons (Fsp3) is 0.750. The van der Waals surface area contributed by atoms with Crippen molar-refractivity contribution >= 4 is 8.80 Å². The van der Waals surface area contributed by atoms with Gasteiger partial charge in [0.15, 0.2) is 0 Å². The van der Waals surface area contributed by atoms with Gasteiger partial charge < -0.3 is 4.74 Å². The molecule has 0 aromatic heterocycles. The predicted molar refractivity (Wildman–Crippen MR) is 48.9 cm³/mol. The maximum atomic E-state index is 5.44. The van der Waals surface area contributed by atoms with Crippen LogP contribution in [-0.2, 0) is 4.74 Å². The van der Waals surface area contributed by atoms with Gasteiger partial charge in [-0.2, -0.15) is 0 Å². The van der Waals surface area contributed by atoms with E-state index in [1.165, 1.54) is 0 Å². The first kappa shape index (κ1) is 9.92. The molecule has 0 saturated carbocycles. The van der Waals surface area contributed by atoms with Crippen molar-refractivity contribution in [2.24, 2.45) is 5.92 Å². The first-order valence-corrected chi connectivity index (χ1v) is 6.51. The van der Waals surface area contributed by atoms with Crippen LogP contribution in [0.5, 0.6) is 0 Å². The van der Waals surface area contributed by atoms with Gasteiger partial charge in [-0.05, 0) is 5.92 Å². The smallest absolute Gasteiger partial charge is 0.0873 e. The van der Waals surface area contributed by atoms with Crippen LogP contribution in [0.1, 0.15) is 13.8 Å². The van der Waals surface area contributed by atoms with E-state index in [2.05, 4.69) is 32.7 Å². The standard InChI is InChI=1S/C8H18OSi/c1-5-10(4)7-9-6-8(2)3/h5,8,10H,1,6-7H2,2-4H3. The highest BCUT2D eigenvalue weighted by atomic mass is 28.3. The van der Waals surface area contributed by atoms with Crippen LogP contribution in [0.25, 0.3) is 0 Å². The summed E-state index contributed by atoms with van der Waals surface area (Å²) in [6, 6.07) is 0. The largest absolute Gasteiger partial charge is 0.384 e. The molecule has 0 aliphatic carbocycles. The maximum absolute atomic E-state index is 5.44. The van der Waals surface area contributed by atoms with Gasteiger partial charge >= 0.3 is 0 Å². The summed E-state index contributed by atoms with van der Waals surface area (Å²) in [6.45, 7) is 11.2. The molecule has 0 aromatic rings. The van der Waals surface area contributed by atoms with Crippen LogP contribution in [0, 0.1) is 5.92 Å². The molecule has 0 bridgehead atoms. The molecule has 0 amide bonds. The summed E-state index contributed by atoms with van der Waals surface area (Å²) in [6.07, 6.45) is 0.946. The van der Waals surface area contributed by atoms with Crippen LogP contribution in [0.3, 0.4) is 0 Å². The zero-order valence-corrected chi connectivity index (χ0v) is 8.42. The van der Waals surface area contributed by atoms with E-state index in [0.29, 0.717) is 5.92 Å². The Bertz CT molecular complexity index is 91.3. The molecule has 0 radical (unpaired) electrons. The molecule has 1 atom stereocenters. The number of hydrogen-bond donors (Lipinski definition) is 0. The van der Waals surface area contributed by atoms with E-state index in [4.69, 9.17) is 4.74 Å². The van der Waals surface area contributed by atoms with Crippen molar-refractivity contribution in [3.05, 3.63) is 12.3 Å². The summed E-state index contributed by atoms with van der Waals surface area (Å²) in [5.41, 5.74) is 2.06. The Morgan fingerprint density at radius 2 is 2.20 bits per heavy atom. The molecule has 1 nitrogen and oxygen atoms in total. The van der Waals surface area contributed by atoms with Crippen LogP contribution in [0.2, 0.25) is 6.55 Å². The summed E-state index contributed by atoms with van der Waals surface area (Å²) in [5, 5.41) is 0. The Hall–Kier alpha value is -0.0831. The lowest BCUT2D eigenvalue weighted by molar-refractivity contribution is 0.146. The third-order valence-corrected chi connectivity index (χ3v) is 2.80. The summed E-state index contributed by atoms with van der Waals surface area (Å²) in [7, 11) is -0.699. The van der Waals surface area contributed by atoms with Crippen LogP contribution in [0.15, 0.2) is 12.3 Å². The van der Waals surface area contributed by atoms with Gasteiger partial charge in [-0.15, -0.1) is 12.3 Å². The van der Waals surface area contributed by atoms with Gasteiger partial charge in [0.05, 0.1) is 8.80 Å². The second kappa shape index (κ2) is 5.68. The van der Waals surface area contributed by atoms with Gasteiger partial charge in [-0.3, -0.25) is 0 Å². The Morgan fingerprint density at radius 3 is 2.60 bits per heavy atom. The Balaban J connectivity index is 3.11. The van der Waals surface area contributed by atoms with Crippen LogP contribution in [-0.4, -0.2) is 21.6 Å². The van der Waals surface area contributed by atoms with Crippen molar-refractivity contribution in [2.45, 2.75) is 20.4 Å². The highest BCUT2D eigenvalue weighted by molar-refractivity contribution is 6.62. The zero-order chi connectivity index (χ0) is 7.98. The van der Waals surface area contributed by atoms with Gasteiger partial charge in [-0.25, -0.2) is 0 Å². The minimum atomic E-state index is -0.699. The van der Waals surface area contributed by atoms with E-state index in [0.717, 1.165) is 12.8 Å². The SMILES string of the molecule is C=C[SiH](C)COCC(C)C. The molecule has 0 aromatic carbocycles. The fourth-order valence-corrected chi connectivity index (χ4v) is 1.20. The molecule has 0 heterocycles.